The van der Waals surface area contributed by atoms with Crippen LogP contribution in [0.4, 0.5) is 0 Å². The molecule has 7 heteroatoms. The van der Waals surface area contributed by atoms with E-state index in [0.29, 0.717) is 16.0 Å². The van der Waals surface area contributed by atoms with E-state index in [0.717, 1.165) is 0 Å². The molecular weight excluding hydrogens is 224 g/mol. The highest BCUT2D eigenvalue weighted by molar-refractivity contribution is 7.99. The van der Waals surface area contributed by atoms with Gasteiger partial charge in [0.2, 0.25) is 0 Å². The zero-order valence-electron chi connectivity index (χ0n) is 8.16. The number of nitrogens with one attached hydrogen (secondary N) is 1. The summed E-state index contributed by atoms with van der Waals surface area (Å²) in [7, 11) is 0. The predicted octanol–water partition coefficient (Wildman–Crippen LogP) is 0.702. The monoisotopic (exact) mass is 232 g/mol. The Labute approximate surface area is 95.9 Å². The van der Waals surface area contributed by atoms with Crippen LogP contribution in [0.1, 0.15) is 5.69 Å². The van der Waals surface area contributed by atoms with Gasteiger partial charge in [-0.05, 0) is 23.9 Å². The molecule has 0 unspecified atom stereocenters. The van der Waals surface area contributed by atoms with Gasteiger partial charge in [0.15, 0.2) is 10.3 Å². The van der Waals surface area contributed by atoms with E-state index in [1.807, 2.05) is 0 Å². The quantitative estimate of drug-likeness (QED) is 0.459. The number of nitrogen functional groups attached to an aromatic ring is 1. The van der Waals surface area contributed by atoms with Gasteiger partial charge in [-0.1, -0.05) is 0 Å². The minimum atomic E-state index is -0.0850. The first-order chi connectivity index (χ1) is 7.75. The molecule has 0 aliphatic carbocycles. The molecule has 2 heterocycles. The number of rotatable bonds is 3. The van der Waals surface area contributed by atoms with Gasteiger partial charge < -0.3 is 5.73 Å². The van der Waals surface area contributed by atoms with Crippen molar-refractivity contribution >= 4 is 17.6 Å². The molecule has 6 nitrogen and oxygen atoms in total. The van der Waals surface area contributed by atoms with Crippen LogP contribution in [0.15, 0.2) is 41.0 Å². The number of aromatic nitrogens is 4. The predicted molar refractivity (Wildman–Crippen MR) is 59.2 cm³/mol. The second kappa shape index (κ2) is 4.67. The molecule has 0 amide bonds. The Morgan fingerprint density at radius 3 is 2.50 bits per heavy atom. The van der Waals surface area contributed by atoms with E-state index in [1.165, 1.54) is 11.8 Å². The summed E-state index contributed by atoms with van der Waals surface area (Å²) in [6, 6.07) is 3.31. The van der Waals surface area contributed by atoms with Crippen molar-refractivity contribution in [1.29, 1.82) is 5.41 Å². The van der Waals surface area contributed by atoms with Crippen molar-refractivity contribution in [2.45, 2.75) is 10.3 Å². The van der Waals surface area contributed by atoms with Crippen LogP contribution in [0.25, 0.3) is 0 Å². The van der Waals surface area contributed by atoms with Crippen molar-refractivity contribution in [3.05, 3.63) is 36.4 Å². The molecule has 0 aliphatic heterocycles. The number of amidine groups is 1. The molecule has 80 valence electrons. The SMILES string of the molecule is N=C(N)c1ccnc(Sc2ncccn2)n1. The number of hydrogen-bond donors (Lipinski definition) is 2. The first-order valence-electron chi connectivity index (χ1n) is 4.38. The van der Waals surface area contributed by atoms with Gasteiger partial charge in [0.1, 0.15) is 11.5 Å². The van der Waals surface area contributed by atoms with Crippen LogP contribution in [0.5, 0.6) is 0 Å². The fourth-order valence-electron chi connectivity index (χ4n) is 0.960. The first kappa shape index (κ1) is 10.5. The number of nitrogens with zero attached hydrogens (tertiary/aromatic N) is 4. The molecule has 0 saturated carbocycles. The fraction of sp³-hybridized carbons (Fsp3) is 0. The van der Waals surface area contributed by atoms with Gasteiger partial charge in [0, 0.05) is 18.6 Å². The Morgan fingerprint density at radius 2 is 1.81 bits per heavy atom. The van der Waals surface area contributed by atoms with E-state index in [9.17, 15) is 0 Å². The lowest BCUT2D eigenvalue weighted by atomic mass is 10.4. The Balaban J connectivity index is 2.22. The summed E-state index contributed by atoms with van der Waals surface area (Å²) >= 11 is 1.22. The van der Waals surface area contributed by atoms with E-state index >= 15 is 0 Å². The third-order valence-electron chi connectivity index (χ3n) is 1.63. The van der Waals surface area contributed by atoms with Crippen molar-refractivity contribution in [3.8, 4) is 0 Å². The Bertz CT molecular complexity index is 500. The van der Waals surface area contributed by atoms with E-state index in [4.69, 9.17) is 11.1 Å². The maximum atomic E-state index is 7.26. The Morgan fingerprint density at radius 1 is 1.12 bits per heavy atom. The van der Waals surface area contributed by atoms with Crippen molar-refractivity contribution in [2.24, 2.45) is 5.73 Å². The molecule has 0 bridgehead atoms. The number of nitrogens with two attached hydrogens (primary N) is 1. The molecule has 0 aromatic carbocycles. The molecule has 0 saturated heterocycles. The molecule has 2 aromatic heterocycles. The minimum Gasteiger partial charge on any atom is -0.382 e. The van der Waals surface area contributed by atoms with Crippen molar-refractivity contribution in [1.82, 2.24) is 19.9 Å². The third kappa shape index (κ3) is 2.51. The molecule has 0 spiro atoms. The molecule has 0 fully saturated rings. The number of hydrogen-bond acceptors (Lipinski definition) is 6. The smallest absolute Gasteiger partial charge is 0.196 e. The maximum absolute atomic E-state index is 7.26. The molecule has 0 aliphatic rings. The largest absolute Gasteiger partial charge is 0.382 e. The molecule has 2 rings (SSSR count). The van der Waals surface area contributed by atoms with E-state index in [2.05, 4.69) is 19.9 Å². The van der Waals surface area contributed by atoms with Gasteiger partial charge in [-0.15, -0.1) is 0 Å². The summed E-state index contributed by atoms with van der Waals surface area (Å²) in [5.74, 6) is -0.0850. The van der Waals surface area contributed by atoms with Crippen molar-refractivity contribution in [3.63, 3.8) is 0 Å². The third-order valence-corrected chi connectivity index (χ3v) is 2.41. The van der Waals surface area contributed by atoms with E-state index in [-0.39, 0.29) is 5.84 Å². The summed E-state index contributed by atoms with van der Waals surface area (Å²) in [4.78, 5) is 16.2. The molecule has 16 heavy (non-hydrogen) atoms. The maximum Gasteiger partial charge on any atom is 0.196 e. The summed E-state index contributed by atoms with van der Waals surface area (Å²) in [5, 5.41) is 8.29. The van der Waals surface area contributed by atoms with Crippen molar-refractivity contribution in [2.75, 3.05) is 0 Å². The van der Waals surface area contributed by atoms with Crippen LogP contribution < -0.4 is 5.73 Å². The summed E-state index contributed by atoms with van der Waals surface area (Å²) in [6.45, 7) is 0. The van der Waals surface area contributed by atoms with Gasteiger partial charge in [0.25, 0.3) is 0 Å². The zero-order valence-corrected chi connectivity index (χ0v) is 8.98. The molecule has 0 atom stereocenters. The second-order valence-electron chi connectivity index (χ2n) is 2.77. The van der Waals surface area contributed by atoms with Crippen molar-refractivity contribution < 1.29 is 0 Å². The summed E-state index contributed by atoms with van der Waals surface area (Å²) in [6.07, 6.45) is 4.84. The fourth-order valence-corrected chi connectivity index (χ4v) is 1.61. The molecule has 2 aromatic rings. The van der Waals surface area contributed by atoms with Crippen LogP contribution >= 0.6 is 11.8 Å². The Kier molecular flexibility index (Phi) is 3.06. The van der Waals surface area contributed by atoms with E-state index < -0.39 is 0 Å². The first-order valence-corrected chi connectivity index (χ1v) is 5.19. The normalized spacial score (nSPS) is 10.0. The zero-order chi connectivity index (χ0) is 11.4. The summed E-state index contributed by atoms with van der Waals surface area (Å²) < 4.78 is 0. The van der Waals surface area contributed by atoms with Gasteiger partial charge >= 0.3 is 0 Å². The lowest BCUT2D eigenvalue weighted by Gasteiger charge is -2.00. The van der Waals surface area contributed by atoms with Gasteiger partial charge in [0.05, 0.1) is 0 Å². The van der Waals surface area contributed by atoms with Gasteiger partial charge in [-0.25, -0.2) is 19.9 Å². The standard InChI is InChI=1S/C9H8N6S/c10-7(11)6-2-5-14-9(15-6)16-8-12-3-1-4-13-8/h1-5H,(H3,10,11). The van der Waals surface area contributed by atoms with Crippen LogP contribution in [-0.4, -0.2) is 25.8 Å². The van der Waals surface area contributed by atoms with Gasteiger partial charge in [-0.2, -0.15) is 0 Å². The molecule has 0 radical (unpaired) electrons. The second-order valence-corrected chi connectivity index (χ2v) is 3.71. The topological polar surface area (TPSA) is 101 Å². The average molecular weight is 232 g/mol. The highest BCUT2D eigenvalue weighted by atomic mass is 32.2. The molecular formula is C9H8N6S. The summed E-state index contributed by atoms with van der Waals surface area (Å²) in [5.41, 5.74) is 5.73. The minimum absolute atomic E-state index is 0.0850. The highest BCUT2D eigenvalue weighted by Crippen LogP contribution is 2.19. The average Bonchev–Trinajstić information content (AvgIpc) is 2.30. The van der Waals surface area contributed by atoms with Gasteiger partial charge in [-0.3, -0.25) is 5.41 Å². The van der Waals surface area contributed by atoms with Crippen LogP contribution in [0.3, 0.4) is 0 Å². The molecule has 3 N–H and O–H groups in total. The lowest BCUT2D eigenvalue weighted by Crippen LogP contribution is -2.13. The van der Waals surface area contributed by atoms with E-state index in [1.54, 1.807) is 30.7 Å². The van der Waals surface area contributed by atoms with Crippen LogP contribution in [0, 0.1) is 5.41 Å². The lowest BCUT2D eigenvalue weighted by molar-refractivity contribution is 0.920. The van der Waals surface area contributed by atoms with Crippen LogP contribution in [0.2, 0.25) is 0 Å². The highest BCUT2D eigenvalue weighted by Gasteiger charge is 2.05. The Hall–Kier alpha value is -2.02. The van der Waals surface area contributed by atoms with Crippen LogP contribution in [-0.2, 0) is 0 Å².